The number of benzene rings is 1. The highest BCUT2D eigenvalue weighted by atomic mass is 79.9. The molecule has 2 rings (SSSR count). The van der Waals surface area contributed by atoms with E-state index in [1.165, 1.54) is 26.3 Å². The van der Waals surface area contributed by atoms with E-state index >= 15 is 0 Å². The van der Waals surface area contributed by atoms with Crippen LogP contribution in [0.2, 0.25) is 5.15 Å². The third-order valence-electron chi connectivity index (χ3n) is 3.06. The summed E-state index contributed by atoms with van der Waals surface area (Å²) < 4.78 is 10.8. The Labute approximate surface area is 152 Å². The molecule has 0 spiro atoms. The van der Waals surface area contributed by atoms with E-state index in [1.54, 1.807) is 24.3 Å². The van der Waals surface area contributed by atoms with Crippen LogP contribution in [0.15, 0.2) is 41.0 Å². The fraction of sp³-hybridized carbons (Fsp3) is 0.188. The molecule has 1 aromatic carbocycles. The van der Waals surface area contributed by atoms with Gasteiger partial charge in [-0.15, -0.1) is 0 Å². The average Bonchev–Trinajstić information content (AvgIpc) is 2.57. The van der Waals surface area contributed by atoms with Gasteiger partial charge in [0.2, 0.25) is 0 Å². The van der Waals surface area contributed by atoms with E-state index in [-0.39, 0.29) is 10.7 Å². The SMILES string of the molecule is COc1ccc(Br)c(C(=O)O[C@@H](C)C(=O)Nc2cccnc2Cl)c1. The van der Waals surface area contributed by atoms with Crippen LogP contribution in [0.3, 0.4) is 0 Å². The molecule has 8 heteroatoms. The van der Waals surface area contributed by atoms with E-state index in [0.29, 0.717) is 15.9 Å². The van der Waals surface area contributed by atoms with Crippen LogP contribution >= 0.6 is 27.5 Å². The lowest BCUT2D eigenvalue weighted by molar-refractivity contribution is -0.123. The normalized spacial score (nSPS) is 11.5. The maximum Gasteiger partial charge on any atom is 0.340 e. The van der Waals surface area contributed by atoms with Gasteiger partial charge in [-0.3, -0.25) is 4.79 Å². The number of halogens is 2. The van der Waals surface area contributed by atoms with Gasteiger partial charge < -0.3 is 14.8 Å². The van der Waals surface area contributed by atoms with Gasteiger partial charge in [-0.25, -0.2) is 9.78 Å². The van der Waals surface area contributed by atoms with E-state index in [9.17, 15) is 9.59 Å². The lowest BCUT2D eigenvalue weighted by Gasteiger charge is -2.14. The number of ether oxygens (including phenoxy) is 2. The van der Waals surface area contributed by atoms with Crippen molar-refractivity contribution in [3.05, 3.63) is 51.7 Å². The number of carbonyl (C=O) groups excluding carboxylic acids is 2. The zero-order valence-corrected chi connectivity index (χ0v) is 15.2. The van der Waals surface area contributed by atoms with Crippen molar-refractivity contribution in [2.75, 3.05) is 12.4 Å². The Morgan fingerprint density at radius 3 is 2.75 bits per heavy atom. The smallest absolute Gasteiger partial charge is 0.340 e. The highest BCUT2D eigenvalue weighted by Crippen LogP contribution is 2.24. The number of nitrogens with zero attached hydrogens (tertiary/aromatic N) is 1. The summed E-state index contributed by atoms with van der Waals surface area (Å²) >= 11 is 9.14. The van der Waals surface area contributed by atoms with Crippen LogP contribution in [0.1, 0.15) is 17.3 Å². The molecule has 1 N–H and O–H groups in total. The average molecular weight is 414 g/mol. The van der Waals surface area contributed by atoms with E-state index in [1.807, 2.05) is 0 Å². The number of esters is 1. The lowest BCUT2D eigenvalue weighted by Crippen LogP contribution is -2.30. The molecule has 1 atom stereocenters. The zero-order chi connectivity index (χ0) is 17.7. The van der Waals surface area contributed by atoms with Crippen molar-refractivity contribution in [3.63, 3.8) is 0 Å². The molecule has 0 bridgehead atoms. The number of anilines is 1. The third-order valence-corrected chi connectivity index (χ3v) is 4.06. The Bertz CT molecular complexity index is 769. The first kappa shape index (κ1) is 18.2. The van der Waals surface area contributed by atoms with Gasteiger partial charge in [0.15, 0.2) is 11.3 Å². The minimum atomic E-state index is -1.02. The molecule has 0 aliphatic rings. The molecule has 2 aromatic rings. The van der Waals surface area contributed by atoms with Gasteiger partial charge in [-0.1, -0.05) is 11.6 Å². The fourth-order valence-corrected chi connectivity index (χ4v) is 2.35. The van der Waals surface area contributed by atoms with Crippen LogP contribution in [0.25, 0.3) is 0 Å². The van der Waals surface area contributed by atoms with E-state index in [0.717, 1.165) is 0 Å². The number of nitrogens with one attached hydrogen (secondary N) is 1. The molecular formula is C16H14BrClN2O4. The van der Waals surface area contributed by atoms with Crippen molar-refractivity contribution in [1.29, 1.82) is 0 Å². The second kappa shape index (κ2) is 8.12. The van der Waals surface area contributed by atoms with E-state index in [4.69, 9.17) is 21.1 Å². The van der Waals surface area contributed by atoms with Crippen LogP contribution in [0.4, 0.5) is 5.69 Å². The molecule has 0 saturated carbocycles. The molecule has 0 radical (unpaired) electrons. The van der Waals surface area contributed by atoms with Crippen molar-refractivity contribution >= 4 is 45.1 Å². The number of carbonyl (C=O) groups is 2. The molecule has 6 nitrogen and oxygen atoms in total. The van der Waals surface area contributed by atoms with Gasteiger partial charge in [0, 0.05) is 10.7 Å². The molecule has 0 aliphatic carbocycles. The number of rotatable bonds is 5. The highest BCUT2D eigenvalue weighted by Gasteiger charge is 2.21. The topological polar surface area (TPSA) is 77.5 Å². The van der Waals surface area contributed by atoms with Crippen LogP contribution < -0.4 is 10.1 Å². The van der Waals surface area contributed by atoms with Crippen LogP contribution in [0, 0.1) is 0 Å². The van der Waals surface area contributed by atoms with Gasteiger partial charge in [-0.2, -0.15) is 0 Å². The Hall–Kier alpha value is -2.12. The second-order valence-electron chi connectivity index (χ2n) is 4.72. The fourth-order valence-electron chi connectivity index (χ4n) is 1.78. The molecule has 24 heavy (non-hydrogen) atoms. The first-order valence-electron chi connectivity index (χ1n) is 6.88. The molecule has 1 heterocycles. The summed E-state index contributed by atoms with van der Waals surface area (Å²) in [6.45, 7) is 1.46. The first-order chi connectivity index (χ1) is 11.4. The van der Waals surface area contributed by atoms with Gasteiger partial charge in [0.05, 0.1) is 18.4 Å². The summed E-state index contributed by atoms with van der Waals surface area (Å²) in [7, 11) is 1.49. The lowest BCUT2D eigenvalue weighted by atomic mass is 10.2. The molecule has 126 valence electrons. The third kappa shape index (κ3) is 4.46. The molecule has 0 fully saturated rings. The Kier molecular flexibility index (Phi) is 6.16. The van der Waals surface area contributed by atoms with Crippen LogP contribution in [-0.2, 0) is 9.53 Å². The maximum atomic E-state index is 12.2. The minimum Gasteiger partial charge on any atom is -0.497 e. The summed E-state index contributed by atoms with van der Waals surface area (Å²) in [6.07, 6.45) is 0.480. The quantitative estimate of drug-likeness (QED) is 0.597. The zero-order valence-electron chi connectivity index (χ0n) is 12.9. The van der Waals surface area contributed by atoms with E-state index in [2.05, 4.69) is 26.2 Å². The number of pyridine rings is 1. The number of methoxy groups -OCH3 is 1. The monoisotopic (exact) mass is 412 g/mol. The summed E-state index contributed by atoms with van der Waals surface area (Å²) in [5.74, 6) is -0.664. The maximum absolute atomic E-state index is 12.2. The summed E-state index contributed by atoms with van der Waals surface area (Å²) in [5, 5.41) is 2.71. The first-order valence-corrected chi connectivity index (χ1v) is 8.05. The minimum absolute atomic E-state index is 0.153. The highest BCUT2D eigenvalue weighted by molar-refractivity contribution is 9.10. The summed E-state index contributed by atoms with van der Waals surface area (Å²) in [6, 6.07) is 8.11. The Morgan fingerprint density at radius 1 is 1.33 bits per heavy atom. The predicted molar refractivity (Wildman–Crippen MR) is 93.4 cm³/mol. The molecule has 0 unspecified atom stereocenters. The van der Waals surface area contributed by atoms with Crippen LogP contribution in [-0.4, -0.2) is 30.1 Å². The number of hydrogen-bond donors (Lipinski definition) is 1. The van der Waals surface area contributed by atoms with Gasteiger partial charge in [0.25, 0.3) is 5.91 Å². The molecular weight excluding hydrogens is 400 g/mol. The number of aromatic nitrogens is 1. The number of hydrogen-bond acceptors (Lipinski definition) is 5. The molecule has 1 amide bonds. The van der Waals surface area contributed by atoms with Crippen molar-refractivity contribution < 1.29 is 19.1 Å². The van der Waals surface area contributed by atoms with Gasteiger partial charge >= 0.3 is 5.97 Å². The molecule has 0 aliphatic heterocycles. The second-order valence-corrected chi connectivity index (χ2v) is 5.94. The standard InChI is InChI=1S/C16H14BrClN2O4/c1-9(15(21)20-13-4-3-7-19-14(13)18)24-16(22)11-8-10(23-2)5-6-12(11)17/h3-9H,1-2H3,(H,20,21)/t9-/m0/s1. The Balaban J connectivity index is 2.06. The van der Waals surface area contributed by atoms with E-state index < -0.39 is 18.0 Å². The summed E-state index contributed by atoms with van der Waals surface area (Å²) in [5.41, 5.74) is 0.600. The molecule has 0 saturated heterocycles. The van der Waals surface area contributed by atoms with Crippen molar-refractivity contribution in [2.45, 2.75) is 13.0 Å². The van der Waals surface area contributed by atoms with Crippen molar-refractivity contribution in [2.24, 2.45) is 0 Å². The van der Waals surface area contributed by atoms with Crippen LogP contribution in [0.5, 0.6) is 5.75 Å². The van der Waals surface area contributed by atoms with Crippen molar-refractivity contribution in [1.82, 2.24) is 4.98 Å². The predicted octanol–water partition coefficient (Wildman–Crippen LogP) is 3.69. The molecule has 1 aromatic heterocycles. The largest absolute Gasteiger partial charge is 0.497 e. The van der Waals surface area contributed by atoms with Gasteiger partial charge in [0.1, 0.15) is 5.75 Å². The number of amides is 1. The Morgan fingerprint density at radius 2 is 2.08 bits per heavy atom. The van der Waals surface area contributed by atoms with Crippen molar-refractivity contribution in [3.8, 4) is 5.75 Å². The summed E-state index contributed by atoms with van der Waals surface area (Å²) in [4.78, 5) is 28.2. The van der Waals surface area contributed by atoms with Gasteiger partial charge in [-0.05, 0) is 53.2 Å².